The zero-order valence-corrected chi connectivity index (χ0v) is 11.6. The molecule has 1 aromatic rings. The number of hydrogen-bond donors (Lipinski definition) is 2. The zero-order valence-electron chi connectivity index (χ0n) is 11.6. The van der Waals surface area contributed by atoms with Crippen LogP contribution in [0.3, 0.4) is 0 Å². The molecule has 20 heavy (non-hydrogen) atoms. The molecule has 2 atom stereocenters. The van der Waals surface area contributed by atoms with Crippen molar-refractivity contribution in [3.63, 3.8) is 0 Å². The molecule has 110 valence electrons. The summed E-state index contributed by atoms with van der Waals surface area (Å²) in [6, 6.07) is 0.154. The predicted octanol–water partition coefficient (Wildman–Crippen LogP) is -0.567. The van der Waals surface area contributed by atoms with E-state index in [1.165, 1.54) is 10.9 Å². The van der Waals surface area contributed by atoms with Crippen molar-refractivity contribution in [3.8, 4) is 0 Å². The first-order valence-corrected chi connectivity index (χ1v) is 6.57. The smallest absolute Gasteiger partial charge is 0.358 e. The molecule has 2 unspecified atom stereocenters. The minimum Gasteiger partial charge on any atom is -0.476 e. The van der Waals surface area contributed by atoms with Gasteiger partial charge < -0.3 is 15.3 Å². The second kappa shape index (κ2) is 6.00. The van der Waals surface area contributed by atoms with Crippen LogP contribution in [0.15, 0.2) is 6.20 Å². The highest BCUT2D eigenvalue weighted by Crippen LogP contribution is 2.15. The number of aromatic nitrogens is 3. The number of likely N-dealkylation sites (tertiary alicyclic amines) is 1. The maximum absolute atomic E-state index is 11.9. The molecule has 0 spiro atoms. The Hall–Kier alpha value is -1.96. The molecule has 8 heteroatoms. The Morgan fingerprint density at radius 3 is 2.90 bits per heavy atom. The van der Waals surface area contributed by atoms with Crippen molar-refractivity contribution in [2.45, 2.75) is 25.9 Å². The normalized spacial score (nSPS) is 23.5. The van der Waals surface area contributed by atoms with Crippen molar-refractivity contribution in [1.29, 1.82) is 0 Å². The summed E-state index contributed by atoms with van der Waals surface area (Å²) in [7, 11) is 2.07. The minimum atomic E-state index is -1.15. The van der Waals surface area contributed by atoms with Gasteiger partial charge in [0.1, 0.15) is 6.54 Å². The van der Waals surface area contributed by atoms with Crippen LogP contribution in [0.25, 0.3) is 0 Å². The van der Waals surface area contributed by atoms with Gasteiger partial charge in [-0.1, -0.05) is 12.1 Å². The number of hydrogen-bond acceptors (Lipinski definition) is 5. The average Bonchev–Trinajstić information content (AvgIpc) is 2.81. The third kappa shape index (κ3) is 3.53. The Balaban J connectivity index is 1.87. The second-order valence-electron chi connectivity index (χ2n) is 5.31. The first kappa shape index (κ1) is 14.4. The van der Waals surface area contributed by atoms with Crippen LogP contribution >= 0.6 is 0 Å². The fraction of sp³-hybridized carbons (Fsp3) is 0.667. The second-order valence-corrected chi connectivity index (χ2v) is 5.31. The van der Waals surface area contributed by atoms with E-state index in [1.807, 2.05) is 0 Å². The third-order valence-electron chi connectivity index (χ3n) is 3.52. The van der Waals surface area contributed by atoms with Gasteiger partial charge in [-0.3, -0.25) is 4.79 Å². The number of amides is 1. The first-order chi connectivity index (χ1) is 9.45. The Morgan fingerprint density at radius 2 is 2.30 bits per heavy atom. The van der Waals surface area contributed by atoms with E-state index in [2.05, 4.69) is 34.5 Å². The molecular formula is C12H19N5O3. The number of carbonyl (C=O) groups is 2. The highest BCUT2D eigenvalue weighted by molar-refractivity contribution is 5.84. The molecule has 0 aliphatic carbocycles. The van der Waals surface area contributed by atoms with E-state index in [-0.39, 0.29) is 24.2 Å². The van der Waals surface area contributed by atoms with Crippen LogP contribution in [0.4, 0.5) is 0 Å². The molecule has 1 aromatic heterocycles. The SMILES string of the molecule is CC1CN(C)CCC1NC(=O)Cn1cc(C(=O)O)nn1. The lowest BCUT2D eigenvalue weighted by atomic mass is 9.94. The lowest BCUT2D eigenvalue weighted by molar-refractivity contribution is -0.123. The van der Waals surface area contributed by atoms with Crippen molar-refractivity contribution in [1.82, 2.24) is 25.2 Å². The molecule has 1 aliphatic rings. The van der Waals surface area contributed by atoms with Crippen LogP contribution in [0.2, 0.25) is 0 Å². The standard InChI is InChI=1S/C12H19N5O3/c1-8-5-16(2)4-3-9(8)13-11(18)7-17-6-10(12(19)20)14-15-17/h6,8-9H,3-5,7H2,1-2H3,(H,13,18)(H,19,20). The van der Waals surface area contributed by atoms with Gasteiger partial charge in [-0.2, -0.15) is 0 Å². The summed E-state index contributed by atoms with van der Waals surface area (Å²) in [6.45, 7) is 4.01. The van der Waals surface area contributed by atoms with Crippen LogP contribution < -0.4 is 5.32 Å². The molecule has 8 nitrogen and oxygen atoms in total. The molecule has 0 saturated carbocycles. The van der Waals surface area contributed by atoms with E-state index in [0.29, 0.717) is 5.92 Å². The van der Waals surface area contributed by atoms with Crippen LogP contribution in [0.5, 0.6) is 0 Å². The molecule has 1 amide bonds. The van der Waals surface area contributed by atoms with Crippen molar-refractivity contribution in [2.75, 3.05) is 20.1 Å². The highest BCUT2D eigenvalue weighted by atomic mass is 16.4. The minimum absolute atomic E-state index is 0.0145. The first-order valence-electron chi connectivity index (χ1n) is 6.57. The summed E-state index contributed by atoms with van der Waals surface area (Å²) >= 11 is 0. The highest BCUT2D eigenvalue weighted by Gasteiger charge is 2.25. The van der Waals surface area contributed by atoms with Gasteiger partial charge in [0.25, 0.3) is 0 Å². The molecule has 2 N–H and O–H groups in total. The molecule has 1 aliphatic heterocycles. The van der Waals surface area contributed by atoms with Gasteiger partial charge >= 0.3 is 5.97 Å². The maximum atomic E-state index is 11.9. The molecule has 0 radical (unpaired) electrons. The summed E-state index contributed by atoms with van der Waals surface area (Å²) in [6.07, 6.45) is 2.17. The van der Waals surface area contributed by atoms with E-state index in [1.54, 1.807) is 0 Å². The van der Waals surface area contributed by atoms with Crippen molar-refractivity contribution >= 4 is 11.9 Å². The fourth-order valence-corrected chi connectivity index (χ4v) is 2.44. The zero-order chi connectivity index (χ0) is 14.7. The Labute approximate surface area is 116 Å². The molecule has 1 fully saturated rings. The topological polar surface area (TPSA) is 100 Å². The molecule has 0 aromatic carbocycles. The maximum Gasteiger partial charge on any atom is 0.358 e. The van der Waals surface area contributed by atoms with Crippen LogP contribution in [0.1, 0.15) is 23.8 Å². The van der Waals surface area contributed by atoms with E-state index >= 15 is 0 Å². The van der Waals surface area contributed by atoms with Crippen LogP contribution in [-0.2, 0) is 11.3 Å². The van der Waals surface area contributed by atoms with Gasteiger partial charge in [-0.25, -0.2) is 9.48 Å². The fourth-order valence-electron chi connectivity index (χ4n) is 2.44. The Kier molecular flexibility index (Phi) is 4.33. The summed E-state index contributed by atoms with van der Waals surface area (Å²) in [5.41, 5.74) is -0.162. The number of carboxylic acids is 1. The van der Waals surface area contributed by atoms with E-state index in [0.717, 1.165) is 19.5 Å². The lowest BCUT2D eigenvalue weighted by Crippen LogP contribution is -2.49. The Morgan fingerprint density at radius 1 is 1.55 bits per heavy atom. The van der Waals surface area contributed by atoms with E-state index < -0.39 is 5.97 Å². The summed E-state index contributed by atoms with van der Waals surface area (Å²) < 4.78 is 1.23. The number of carboxylic acid groups (broad SMARTS) is 1. The molecule has 1 saturated heterocycles. The van der Waals surface area contributed by atoms with Crippen LogP contribution in [-0.4, -0.2) is 63.1 Å². The van der Waals surface area contributed by atoms with Gasteiger partial charge in [-0.05, 0) is 25.9 Å². The van der Waals surface area contributed by atoms with Crippen LogP contribution in [0, 0.1) is 5.92 Å². The molecule has 2 heterocycles. The lowest BCUT2D eigenvalue weighted by Gasteiger charge is -2.35. The molecular weight excluding hydrogens is 262 g/mol. The Bertz CT molecular complexity index is 501. The monoisotopic (exact) mass is 281 g/mol. The predicted molar refractivity (Wildman–Crippen MR) is 70.2 cm³/mol. The summed E-state index contributed by atoms with van der Waals surface area (Å²) in [5.74, 6) is -0.933. The number of aromatic carboxylic acids is 1. The molecule has 0 bridgehead atoms. The van der Waals surface area contributed by atoms with Gasteiger partial charge in [0.2, 0.25) is 5.91 Å². The number of nitrogens with one attached hydrogen (secondary N) is 1. The third-order valence-corrected chi connectivity index (χ3v) is 3.52. The van der Waals surface area contributed by atoms with Crippen molar-refractivity contribution < 1.29 is 14.7 Å². The van der Waals surface area contributed by atoms with E-state index in [9.17, 15) is 9.59 Å². The van der Waals surface area contributed by atoms with Gasteiger partial charge in [0, 0.05) is 12.6 Å². The molecule has 2 rings (SSSR count). The van der Waals surface area contributed by atoms with Crippen molar-refractivity contribution in [3.05, 3.63) is 11.9 Å². The van der Waals surface area contributed by atoms with Crippen molar-refractivity contribution in [2.24, 2.45) is 5.92 Å². The van der Waals surface area contributed by atoms with E-state index in [4.69, 9.17) is 5.11 Å². The number of carbonyl (C=O) groups excluding carboxylic acids is 1. The summed E-state index contributed by atoms with van der Waals surface area (Å²) in [5, 5.41) is 18.8. The van der Waals surface area contributed by atoms with Gasteiger partial charge in [0.15, 0.2) is 5.69 Å². The van der Waals surface area contributed by atoms with Gasteiger partial charge in [-0.15, -0.1) is 5.10 Å². The average molecular weight is 281 g/mol. The number of rotatable bonds is 4. The number of piperidine rings is 1. The summed E-state index contributed by atoms with van der Waals surface area (Å²) in [4.78, 5) is 24.8. The quantitative estimate of drug-likeness (QED) is 0.767. The largest absolute Gasteiger partial charge is 0.476 e. The van der Waals surface area contributed by atoms with Gasteiger partial charge in [0.05, 0.1) is 6.20 Å². The number of nitrogens with zero attached hydrogens (tertiary/aromatic N) is 4.